The fourth-order valence-electron chi connectivity index (χ4n) is 2.33. The number of hydrogen-bond donors (Lipinski definition) is 0. The molecule has 3 rings (SSSR count). The Bertz CT molecular complexity index is 762. The van der Waals surface area contributed by atoms with Crippen LogP contribution in [0, 0.1) is 12.7 Å². The van der Waals surface area contributed by atoms with Gasteiger partial charge in [0.1, 0.15) is 11.5 Å². The molecule has 0 saturated heterocycles. The number of imidazole rings is 1. The summed E-state index contributed by atoms with van der Waals surface area (Å²) >= 11 is 0. The predicted molar refractivity (Wildman–Crippen MR) is 75.0 cm³/mol. The first-order chi connectivity index (χ1) is 9.67. The van der Waals surface area contributed by atoms with Crippen LogP contribution in [0.4, 0.5) is 8.78 Å². The Hall–Kier alpha value is -2.23. The van der Waals surface area contributed by atoms with Crippen LogP contribution in [0.25, 0.3) is 16.8 Å². The van der Waals surface area contributed by atoms with Crippen molar-refractivity contribution in [3.63, 3.8) is 0 Å². The molecule has 0 bridgehead atoms. The van der Waals surface area contributed by atoms with Crippen LogP contribution >= 0.6 is 0 Å². The van der Waals surface area contributed by atoms with Crippen molar-refractivity contribution in [2.75, 3.05) is 6.67 Å². The van der Waals surface area contributed by atoms with E-state index in [1.165, 1.54) is 12.1 Å². The Morgan fingerprint density at radius 1 is 1.15 bits per heavy atom. The summed E-state index contributed by atoms with van der Waals surface area (Å²) < 4.78 is 27.6. The molecule has 2 nitrogen and oxygen atoms in total. The predicted octanol–water partition coefficient (Wildman–Crippen LogP) is 3.96. The van der Waals surface area contributed by atoms with E-state index >= 15 is 0 Å². The summed E-state index contributed by atoms with van der Waals surface area (Å²) in [5, 5.41) is 0. The maximum Gasteiger partial charge on any atom is 0.137 e. The molecule has 0 aliphatic heterocycles. The minimum atomic E-state index is -0.417. The molecule has 0 spiro atoms. The van der Waals surface area contributed by atoms with Gasteiger partial charge in [0, 0.05) is 18.8 Å². The van der Waals surface area contributed by atoms with Gasteiger partial charge in [-0.15, -0.1) is 0 Å². The number of halogens is 2. The third-order valence-corrected chi connectivity index (χ3v) is 3.36. The van der Waals surface area contributed by atoms with Gasteiger partial charge in [-0.2, -0.15) is 0 Å². The van der Waals surface area contributed by atoms with Crippen LogP contribution in [-0.4, -0.2) is 16.1 Å². The first kappa shape index (κ1) is 12.8. The van der Waals surface area contributed by atoms with Gasteiger partial charge in [0.2, 0.25) is 0 Å². The molecule has 102 valence electrons. The summed E-state index contributed by atoms with van der Waals surface area (Å²) in [5.74, 6) is -0.255. The van der Waals surface area contributed by atoms with E-state index in [1.54, 1.807) is 6.07 Å². The third-order valence-electron chi connectivity index (χ3n) is 3.36. The number of rotatable bonds is 3. The number of alkyl halides is 1. The zero-order valence-corrected chi connectivity index (χ0v) is 11.1. The van der Waals surface area contributed by atoms with Gasteiger partial charge >= 0.3 is 0 Å². The van der Waals surface area contributed by atoms with E-state index in [9.17, 15) is 8.78 Å². The van der Waals surface area contributed by atoms with Crippen LogP contribution in [-0.2, 0) is 6.42 Å². The molecule has 0 amide bonds. The lowest BCUT2D eigenvalue weighted by molar-refractivity contribution is 0.492. The molecule has 2 aromatic heterocycles. The minimum absolute atomic E-state index is 0.255. The van der Waals surface area contributed by atoms with E-state index < -0.39 is 6.67 Å². The highest BCUT2D eigenvalue weighted by atomic mass is 19.1. The molecule has 1 aromatic carbocycles. The van der Waals surface area contributed by atoms with E-state index in [4.69, 9.17) is 0 Å². The summed E-state index contributed by atoms with van der Waals surface area (Å²) in [5.41, 5.74) is 4.27. The molecule has 0 aliphatic carbocycles. The lowest BCUT2D eigenvalue weighted by atomic mass is 10.0. The Morgan fingerprint density at radius 3 is 2.80 bits per heavy atom. The molecule has 20 heavy (non-hydrogen) atoms. The maximum absolute atomic E-state index is 13.4. The molecular weight excluding hydrogens is 258 g/mol. The highest BCUT2D eigenvalue weighted by Gasteiger charge is 2.07. The Morgan fingerprint density at radius 2 is 2.00 bits per heavy atom. The monoisotopic (exact) mass is 272 g/mol. The SMILES string of the molecule is Cc1ccc(F)cc1-c1ccc2nc(CCF)cn2c1. The van der Waals surface area contributed by atoms with Crippen molar-refractivity contribution in [1.82, 2.24) is 9.38 Å². The Labute approximate surface area is 115 Å². The summed E-state index contributed by atoms with van der Waals surface area (Å²) in [6.45, 7) is 1.53. The normalized spacial score (nSPS) is 11.2. The van der Waals surface area contributed by atoms with Gasteiger partial charge in [0.15, 0.2) is 0 Å². The fraction of sp³-hybridized carbons (Fsp3) is 0.188. The lowest BCUT2D eigenvalue weighted by Gasteiger charge is -2.06. The molecule has 4 heteroatoms. The molecule has 0 N–H and O–H groups in total. The molecule has 0 radical (unpaired) electrons. The molecule has 0 fully saturated rings. The molecule has 0 unspecified atom stereocenters. The number of aromatic nitrogens is 2. The second kappa shape index (κ2) is 5.04. The van der Waals surface area contributed by atoms with Crippen molar-refractivity contribution in [3.05, 3.63) is 59.8 Å². The molecular formula is C16H14F2N2. The molecule has 3 aromatic rings. The fourth-order valence-corrected chi connectivity index (χ4v) is 2.33. The summed E-state index contributed by atoms with van der Waals surface area (Å²) in [6.07, 6.45) is 4.02. The average Bonchev–Trinajstić information content (AvgIpc) is 2.83. The van der Waals surface area contributed by atoms with E-state index in [-0.39, 0.29) is 5.82 Å². The van der Waals surface area contributed by atoms with E-state index in [1.807, 2.05) is 35.9 Å². The topological polar surface area (TPSA) is 17.3 Å². The maximum atomic E-state index is 13.4. The van der Waals surface area contributed by atoms with Gasteiger partial charge in [-0.25, -0.2) is 9.37 Å². The number of fused-ring (bicyclic) bond motifs is 1. The average molecular weight is 272 g/mol. The quantitative estimate of drug-likeness (QED) is 0.705. The van der Waals surface area contributed by atoms with Crippen LogP contribution in [0.1, 0.15) is 11.3 Å². The summed E-state index contributed by atoms with van der Waals surface area (Å²) in [6, 6.07) is 8.51. The first-order valence-electron chi connectivity index (χ1n) is 6.47. The molecule has 0 saturated carbocycles. The largest absolute Gasteiger partial charge is 0.306 e. The second-order valence-corrected chi connectivity index (χ2v) is 4.81. The molecule has 0 atom stereocenters. The Balaban J connectivity index is 2.10. The number of pyridine rings is 1. The van der Waals surface area contributed by atoms with Crippen LogP contribution in [0.2, 0.25) is 0 Å². The van der Waals surface area contributed by atoms with Gasteiger partial charge in [0.05, 0.1) is 12.4 Å². The van der Waals surface area contributed by atoms with E-state index in [0.29, 0.717) is 6.42 Å². The van der Waals surface area contributed by atoms with Crippen molar-refractivity contribution in [2.45, 2.75) is 13.3 Å². The Kier molecular flexibility index (Phi) is 3.22. The van der Waals surface area contributed by atoms with Gasteiger partial charge < -0.3 is 4.40 Å². The van der Waals surface area contributed by atoms with Crippen molar-refractivity contribution in [3.8, 4) is 11.1 Å². The highest BCUT2D eigenvalue weighted by molar-refractivity contribution is 5.68. The van der Waals surface area contributed by atoms with Crippen molar-refractivity contribution in [1.29, 1.82) is 0 Å². The van der Waals surface area contributed by atoms with Crippen LogP contribution in [0.5, 0.6) is 0 Å². The van der Waals surface area contributed by atoms with Crippen LogP contribution < -0.4 is 0 Å². The van der Waals surface area contributed by atoms with Crippen LogP contribution in [0.15, 0.2) is 42.7 Å². The van der Waals surface area contributed by atoms with Crippen molar-refractivity contribution >= 4 is 5.65 Å². The standard InChI is InChI=1S/C16H14F2N2/c1-11-2-4-13(18)8-15(11)12-3-5-16-19-14(6-7-17)10-20(16)9-12/h2-5,8-10H,6-7H2,1H3. The van der Waals surface area contributed by atoms with E-state index in [0.717, 1.165) is 28.0 Å². The van der Waals surface area contributed by atoms with Crippen LogP contribution in [0.3, 0.4) is 0 Å². The number of benzene rings is 1. The van der Waals surface area contributed by atoms with Crippen molar-refractivity contribution < 1.29 is 8.78 Å². The lowest BCUT2D eigenvalue weighted by Crippen LogP contribution is -1.89. The first-order valence-corrected chi connectivity index (χ1v) is 6.47. The summed E-state index contributed by atoms with van der Waals surface area (Å²) in [7, 11) is 0. The molecule has 2 heterocycles. The van der Waals surface area contributed by atoms with Gasteiger partial charge in [-0.3, -0.25) is 4.39 Å². The summed E-state index contributed by atoms with van der Waals surface area (Å²) in [4.78, 5) is 4.33. The number of hydrogen-bond acceptors (Lipinski definition) is 1. The number of aryl methyl sites for hydroxylation is 2. The zero-order valence-electron chi connectivity index (χ0n) is 11.1. The van der Waals surface area contributed by atoms with Gasteiger partial charge in [0.25, 0.3) is 0 Å². The molecule has 0 aliphatic rings. The zero-order chi connectivity index (χ0) is 14.1. The second-order valence-electron chi connectivity index (χ2n) is 4.81. The van der Waals surface area contributed by atoms with E-state index in [2.05, 4.69) is 4.98 Å². The van der Waals surface area contributed by atoms with Gasteiger partial charge in [-0.1, -0.05) is 6.07 Å². The minimum Gasteiger partial charge on any atom is -0.306 e. The van der Waals surface area contributed by atoms with Gasteiger partial charge in [-0.05, 0) is 47.9 Å². The number of nitrogens with zero attached hydrogens (tertiary/aromatic N) is 2. The smallest absolute Gasteiger partial charge is 0.137 e. The highest BCUT2D eigenvalue weighted by Crippen LogP contribution is 2.24. The third kappa shape index (κ3) is 2.29. The van der Waals surface area contributed by atoms with Crippen molar-refractivity contribution in [2.24, 2.45) is 0 Å².